The lowest BCUT2D eigenvalue weighted by atomic mass is 10.2. The van der Waals surface area contributed by atoms with E-state index in [4.69, 9.17) is 0 Å². The normalized spacial score (nSPS) is 12.6. The number of aromatic nitrogens is 3. The van der Waals surface area contributed by atoms with E-state index in [0.29, 0.717) is 21.9 Å². The highest BCUT2D eigenvalue weighted by Gasteiger charge is 2.31. The first-order valence-electron chi connectivity index (χ1n) is 7.40. The second-order valence-corrected chi connectivity index (χ2v) is 5.39. The second-order valence-electron chi connectivity index (χ2n) is 5.39. The van der Waals surface area contributed by atoms with Crippen LogP contribution in [0, 0.1) is 0 Å². The lowest BCUT2D eigenvalue weighted by Gasteiger charge is -2.08. The summed E-state index contributed by atoms with van der Waals surface area (Å²) in [6, 6.07) is 6.91. The molecule has 4 aromatic rings. The Kier molecular flexibility index (Phi) is 3.43. The molecule has 0 radical (unpaired) electrons. The summed E-state index contributed by atoms with van der Waals surface area (Å²) >= 11 is 0. The van der Waals surface area contributed by atoms with Gasteiger partial charge in [0.15, 0.2) is 0 Å². The van der Waals surface area contributed by atoms with Gasteiger partial charge in [-0.05, 0) is 30.3 Å². The van der Waals surface area contributed by atoms with Crippen molar-refractivity contribution in [3.8, 4) is 5.75 Å². The molecule has 0 aliphatic heterocycles. The van der Waals surface area contributed by atoms with Crippen LogP contribution in [0.25, 0.3) is 27.6 Å². The van der Waals surface area contributed by atoms with Crippen molar-refractivity contribution in [3.05, 3.63) is 46.9 Å². The summed E-state index contributed by atoms with van der Waals surface area (Å²) in [5.41, 5.74) is 0.857. The molecular formula is C16H10F3N5O2. The van der Waals surface area contributed by atoms with Gasteiger partial charge in [-0.1, -0.05) is 0 Å². The monoisotopic (exact) mass is 361 g/mol. The average molecular weight is 361 g/mol. The molecule has 3 aromatic heterocycles. The molecule has 0 bridgehead atoms. The van der Waals surface area contributed by atoms with Gasteiger partial charge < -0.3 is 9.72 Å². The third-order valence-electron chi connectivity index (χ3n) is 3.82. The number of hydrogen-bond acceptors (Lipinski definition) is 5. The first-order valence-corrected chi connectivity index (χ1v) is 7.40. The predicted octanol–water partition coefficient (Wildman–Crippen LogP) is 3.94. The first-order chi connectivity index (χ1) is 12.4. The number of azo groups is 1. The summed E-state index contributed by atoms with van der Waals surface area (Å²) < 4.78 is 42.8. The van der Waals surface area contributed by atoms with Crippen molar-refractivity contribution in [2.75, 3.05) is 7.05 Å². The quantitative estimate of drug-likeness (QED) is 0.549. The molecular weight excluding hydrogens is 351 g/mol. The molecule has 4 rings (SSSR count). The van der Waals surface area contributed by atoms with Gasteiger partial charge in [0.05, 0.1) is 10.9 Å². The zero-order chi connectivity index (χ0) is 18.5. The van der Waals surface area contributed by atoms with E-state index in [-0.39, 0.29) is 16.9 Å². The Hall–Kier alpha value is -3.43. The number of aromatic amines is 1. The molecule has 132 valence electrons. The van der Waals surface area contributed by atoms with Crippen LogP contribution in [0.1, 0.15) is 0 Å². The Morgan fingerprint density at radius 1 is 1.23 bits per heavy atom. The fraction of sp³-hybridized carbons (Fsp3) is 0.125. The van der Waals surface area contributed by atoms with Gasteiger partial charge in [-0.2, -0.15) is 10.2 Å². The summed E-state index contributed by atoms with van der Waals surface area (Å²) in [6.45, 7) is 0. The smallest absolute Gasteiger partial charge is 0.406 e. The van der Waals surface area contributed by atoms with Crippen molar-refractivity contribution in [3.63, 3.8) is 0 Å². The number of pyridine rings is 1. The highest BCUT2D eigenvalue weighted by atomic mass is 19.4. The number of rotatable bonds is 2. The summed E-state index contributed by atoms with van der Waals surface area (Å²) in [6.07, 6.45) is -3.30. The molecule has 0 amide bonds. The van der Waals surface area contributed by atoms with E-state index >= 15 is 0 Å². The van der Waals surface area contributed by atoms with Crippen molar-refractivity contribution >= 4 is 33.3 Å². The fourth-order valence-corrected chi connectivity index (χ4v) is 2.89. The number of fused-ring (bicyclic) bond motifs is 4. The molecule has 0 aliphatic carbocycles. The van der Waals surface area contributed by atoms with Crippen LogP contribution in [0.5, 0.6) is 5.75 Å². The summed E-state index contributed by atoms with van der Waals surface area (Å²) in [4.78, 5) is 20.0. The van der Waals surface area contributed by atoms with Gasteiger partial charge in [0.2, 0.25) is 0 Å². The Labute approximate surface area is 142 Å². The lowest BCUT2D eigenvalue weighted by molar-refractivity contribution is -0.274. The largest absolute Gasteiger partial charge is 0.573 e. The van der Waals surface area contributed by atoms with Gasteiger partial charge in [-0.25, -0.2) is 4.98 Å². The summed E-state index contributed by atoms with van der Waals surface area (Å²) in [7, 11) is 1.42. The van der Waals surface area contributed by atoms with Gasteiger partial charge in [0.1, 0.15) is 22.7 Å². The standard InChI is InChI=1S/C16H10F3N5O2/c1-20-23-12-10-7-8(26-16(17,18)19)4-5-11(10)24-14(12)22-13-9(15(24)25)3-2-6-21-13/h2-7H,1H3,(H,21,22). The fourth-order valence-electron chi connectivity index (χ4n) is 2.89. The molecule has 1 N–H and O–H groups in total. The molecule has 0 fully saturated rings. The Morgan fingerprint density at radius 2 is 2.04 bits per heavy atom. The van der Waals surface area contributed by atoms with Crippen LogP contribution in [0.3, 0.4) is 0 Å². The highest BCUT2D eigenvalue weighted by molar-refractivity contribution is 6.02. The topological polar surface area (TPSA) is 84.1 Å². The molecule has 26 heavy (non-hydrogen) atoms. The predicted molar refractivity (Wildman–Crippen MR) is 87.9 cm³/mol. The zero-order valence-electron chi connectivity index (χ0n) is 13.2. The van der Waals surface area contributed by atoms with E-state index in [2.05, 4.69) is 24.9 Å². The lowest BCUT2D eigenvalue weighted by Crippen LogP contribution is -2.17. The minimum atomic E-state index is -4.83. The van der Waals surface area contributed by atoms with Crippen LogP contribution >= 0.6 is 0 Å². The SMILES string of the molecule is CN=Nc1c2cc(OC(F)(F)F)ccc2n2c(=O)c3cccnc3[nH]c12. The molecule has 0 saturated heterocycles. The first kappa shape index (κ1) is 16.1. The third kappa shape index (κ3) is 2.46. The van der Waals surface area contributed by atoms with E-state index in [1.165, 1.54) is 29.8 Å². The molecule has 0 atom stereocenters. The molecule has 10 heteroatoms. The Balaban J connectivity index is 2.14. The van der Waals surface area contributed by atoms with Gasteiger partial charge >= 0.3 is 6.36 Å². The maximum absolute atomic E-state index is 12.9. The van der Waals surface area contributed by atoms with E-state index in [9.17, 15) is 18.0 Å². The van der Waals surface area contributed by atoms with Crippen LogP contribution in [0.15, 0.2) is 51.6 Å². The number of halogens is 3. The van der Waals surface area contributed by atoms with E-state index in [1.54, 1.807) is 12.1 Å². The van der Waals surface area contributed by atoms with Gasteiger partial charge in [0.25, 0.3) is 5.56 Å². The van der Waals surface area contributed by atoms with E-state index in [1.807, 2.05) is 0 Å². The average Bonchev–Trinajstić information content (AvgIpc) is 2.88. The zero-order valence-corrected chi connectivity index (χ0v) is 13.2. The maximum Gasteiger partial charge on any atom is 0.573 e. The number of ether oxygens (including phenoxy) is 1. The van der Waals surface area contributed by atoms with E-state index < -0.39 is 12.1 Å². The van der Waals surface area contributed by atoms with Crippen molar-refractivity contribution < 1.29 is 17.9 Å². The molecule has 0 saturated carbocycles. The third-order valence-corrected chi connectivity index (χ3v) is 3.82. The second kappa shape index (κ2) is 5.55. The molecule has 1 aromatic carbocycles. The molecule has 0 aliphatic rings. The van der Waals surface area contributed by atoms with Gasteiger partial charge in [0, 0.05) is 18.6 Å². The number of hydrogen-bond donors (Lipinski definition) is 1. The van der Waals surface area contributed by atoms with Crippen LogP contribution in [0.4, 0.5) is 18.9 Å². The number of nitrogens with zero attached hydrogens (tertiary/aromatic N) is 4. The minimum absolute atomic E-state index is 0.222. The van der Waals surface area contributed by atoms with Crippen molar-refractivity contribution in [1.29, 1.82) is 0 Å². The molecule has 0 spiro atoms. The summed E-state index contributed by atoms with van der Waals surface area (Å²) in [5.74, 6) is -0.413. The molecule has 7 nitrogen and oxygen atoms in total. The van der Waals surface area contributed by atoms with Crippen LogP contribution in [-0.4, -0.2) is 27.8 Å². The Morgan fingerprint density at radius 3 is 2.77 bits per heavy atom. The van der Waals surface area contributed by atoms with Gasteiger partial charge in [-0.3, -0.25) is 9.20 Å². The van der Waals surface area contributed by atoms with Crippen molar-refractivity contribution in [2.45, 2.75) is 6.36 Å². The number of alkyl halides is 3. The van der Waals surface area contributed by atoms with Gasteiger partial charge in [-0.15, -0.1) is 13.2 Å². The maximum atomic E-state index is 12.9. The number of nitrogens with one attached hydrogen (secondary N) is 1. The molecule has 3 heterocycles. The van der Waals surface area contributed by atoms with Crippen molar-refractivity contribution in [1.82, 2.24) is 14.4 Å². The van der Waals surface area contributed by atoms with Crippen LogP contribution < -0.4 is 10.3 Å². The number of benzene rings is 1. The Bertz CT molecular complexity index is 1240. The van der Waals surface area contributed by atoms with Crippen LogP contribution in [-0.2, 0) is 0 Å². The van der Waals surface area contributed by atoms with Crippen LogP contribution in [0.2, 0.25) is 0 Å². The number of H-pyrrole nitrogens is 1. The summed E-state index contributed by atoms with van der Waals surface area (Å²) in [5, 5.41) is 8.31. The minimum Gasteiger partial charge on any atom is -0.406 e. The molecule has 0 unspecified atom stereocenters. The highest BCUT2D eigenvalue weighted by Crippen LogP contribution is 2.36. The van der Waals surface area contributed by atoms with Crippen molar-refractivity contribution in [2.24, 2.45) is 10.2 Å². The van der Waals surface area contributed by atoms with E-state index in [0.717, 1.165) is 6.07 Å².